The minimum Gasteiger partial charge on any atom is -0.275 e. The molecule has 0 N–H and O–H groups in total. The first kappa shape index (κ1) is 10.9. The Labute approximate surface area is 74.2 Å². The van der Waals surface area contributed by atoms with Crippen molar-refractivity contribution in [3.05, 3.63) is 18.7 Å². The first-order valence-corrected chi connectivity index (χ1v) is 3.33. The number of imidazole rings is 1. The molecular weight excluding hydrogens is 214 g/mol. The van der Waals surface area contributed by atoms with Crippen LogP contribution in [0.4, 0.5) is 26.3 Å². The highest BCUT2D eigenvalue weighted by Crippen LogP contribution is 2.37. The largest absolute Gasteiger partial charge is 0.427 e. The van der Waals surface area contributed by atoms with Gasteiger partial charge < -0.3 is 0 Å². The summed E-state index contributed by atoms with van der Waals surface area (Å²) in [6.45, 7) is 0. The van der Waals surface area contributed by atoms with Crippen molar-refractivity contribution < 1.29 is 26.3 Å². The molecule has 1 heterocycles. The van der Waals surface area contributed by atoms with Gasteiger partial charge in [-0.3, -0.25) is 4.57 Å². The van der Waals surface area contributed by atoms with Crippen molar-refractivity contribution in [2.24, 2.45) is 0 Å². The Morgan fingerprint density at radius 3 is 2.07 bits per heavy atom. The lowest BCUT2D eigenvalue weighted by Gasteiger charge is -2.23. The highest BCUT2D eigenvalue weighted by atomic mass is 19.4. The van der Waals surface area contributed by atoms with Gasteiger partial charge in [0.25, 0.3) is 6.17 Å². The highest BCUT2D eigenvalue weighted by Gasteiger charge is 2.58. The second kappa shape index (κ2) is 3.18. The van der Waals surface area contributed by atoms with E-state index in [9.17, 15) is 26.3 Å². The van der Waals surface area contributed by atoms with Crippen LogP contribution in [0.5, 0.6) is 0 Å². The maximum absolute atomic E-state index is 12.7. The summed E-state index contributed by atoms with van der Waals surface area (Å²) in [4.78, 5) is 3.10. The van der Waals surface area contributed by atoms with Crippen LogP contribution in [0.3, 0.4) is 0 Å². The number of halogens is 6. The highest BCUT2D eigenvalue weighted by molar-refractivity contribution is 4.86. The zero-order valence-electron chi connectivity index (χ0n) is 6.47. The average Bonchev–Trinajstić information content (AvgIpc) is 2.53. The van der Waals surface area contributed by atoms with Crippen LogP contribution in [0.25, 0.3) is 0 Å². The summed E-state index contributed by atoms with van der Waals surface area (Å²) in [7, 11) is 0. The van der Waals surface area contributed by atoms with Crippen molar-refractivity contribution in [1.82, 2.24) is 9.55 Å². The Morgan fingerprint density at radius 2 is 1.71 bits per heavy atom. The molecule has 0 bridgehead atoms. The van der Waals surface area contributed by atoms with E-state index in [0.29, 0.717) is 12.5 Å². The van der Waals surface area contributed by atoms with Crippen LogP contribution in [0.2, 0.25) is 0 Å². The van der Waals surface area contributed by atoms with Crippen molar-refractivity contribution in [2.75, 3.05) is 0 Å². The molecule has 80 valence electrons. The molecule has 2 nitrogen and oxygen atoms in total. The average molecular weight is 218 g/mol. The molecular formula is C6H4F6N2. The van der Waals surface area contributed by atoms with E-state index in [2.05, 4.69) is 4.98 Å². The Kier molecular flexibility index (Phi) is 2.47. The van der Waals surface area contributed by atoms with Crippen molar-refractivity contribution in [1.29, 1.82) is 0 Å². The first-order valence-electron chi connectivity index (χ1n) is 3.33. The predicted molar refractivity (Wildman–Crippen MR) is 33.4 cm³/mol. The lowest BCUT2D eigenvalue weighted by Crippen LogP contribution is -2.43. The fourth-order valence-corrected chi connectivity index (χ4v) is 0.763. The van der Waals surface area contributed by atoms with Crippen LogP contribution in [0.15, 0.2) is 18.7 Å². The van der Waals surface area contributed by atoms with Gasteiger partial charge in [-0.25, -0.2) is 9.37 Å². The fourth-order valence-electron chi connectivity index (χ4n) is 0.763. The van der Waals surface area contributed by atoms with Crippen LogP contribution in [0, 0.1) is 0 Å². The molecule has 1 aromatic heterocycles. The summed E-state index contributed by atoms with van der Waals surface area (Å²) in [5.74, 6) is 0. The third-order valence-corrected chi connectivity index (χ3v) is 1.44. The topological polar surface area (TPSA) is 17.8 Å². The van der Waals surface area contributed by atoms with Gasteiger partial charge in [0.05, 0.1) is 6.33 Å². The van der Waals surface area contributed by atoms with Gasteiger partial charge in [0, 0.05) is 12.4 Å². The summed E-state index contributed by atoms with van der Waals surface area (Å²) >= 11 is 0. The van der Waals surface area contributed by atoms with E-state index in [1.54, 1.807) is 0 Å². The molecule has 1 unspecified atom stereocenters. The molecule has 0 radical (unpaired) electrons. The molecule has 0 fully saturated rings. The number of alkyl halides is 6. The molecule has 1 atom stereocenters. The fraction of sp³-hybridized carbons (Fsp3) is 0.500. The minimum atomic E-state index is -5.60. The number of nitrogens with zero attached hydrogens (tertiary/aromatic N) is 2. The van der Waals surface area contributed by atoms with E-state index in [0.717, 1.165) is 6.20 Å². The van der Waals surface area contributed by atoms with Gasteiger partial charge in [0.1, 0.15) is 0 Å². The molecule has 0 aromatic carbocycles. The third-order valence-electron chi connectivity index (χ3n) is 1.44. The molecule has 0 saturated heterocycles. The van der Waals surface area contributed by atoms with E-state index in [1.165, 1.54) is 0 Å². The van der Waals surface area contributed by atoms with Gasteiger partial charge in [-0.1, -0.05) is 0 Å². The lowest BCUT2D eigenvalue weighted by molar-refractivity contribution is -0.272. The zero-order valence-corrected chi connectivity index (χ0v) is 6.47. The Hall–Kier alpha value is -1.21. The van der Waals surface area contributed by atoms with E-state index in [4.69, 9.17) is 0 Å². The molecule has 0 amide bonds. The van der Waals surface area contributed by atoms with Gasteiger partial charge >= 0.3 is 12.2 Å². The van der Waals surface area contributed by atoms with Gasteiger partial charge in [0.15, 0.2) is 0 Å². The SMILES string of the molecule is FC(C(F)(F)F)C(F)(F)n1ccnc1. The summed E-state index contributed by atoms with van der Waals surface area (Å²) in [6, 6.07) is -4.67. The minimum absolute atomic E-state index is 0.231. The van der Waals surface area contributed by atoms with E-state index < -0.39 is 18.4 Å². The Balaban J connectivity index is 2.96. The van der Waals surface area contributed by atoms with Crippen LogP contribution >= 0.6 is 0 Å². The summed E-state index contributed by atoms with van der Waals surface area (Å²) < 4.78 is 72.5. The molecule has 0 saturated carbocycles. The first-order chi connectivity index (χ1) is 6.26. The van der Waals surface area contributed by atoms with Gasteiger partial charge in [-0.2, -0.15) is 22.0 Å². The zero-order chi connectivity index (χ0) is 11.0. The molecule has 0 spiro atoms. The molecule has 0 aliphatic heterocycles. The predicted octanol–water partition coefficient (Wildman–Crippen LogP) is 2.33. The number of hydrogen-bond donors (Lipinski definition) is 0. The summed E-state index contributed by atoms with van der Waals surface area (Å²) in [6.07, 6.45) is -8.05. The third kappa shape index (κ3) is 1.83. The molecule has 1 aromatic rings. The van der Waals surface area contributed by atoms with Crippen LogP contribution in [-0.4, -0.2) is 21.9 Å². The van der Waals surface area contributed by atoms with Crippen LogP contribution in [-0.2, 0) is 6.05 Å². The molecule has 14 heavy (non-hydrogen) atoms. The monoisotopic (exact) mass is 218 g/mol. The van der Waals surface area contributed by atoms with Crippen molar-refractivity contribution in [3.63, 3.8) is 0 Å². The lowest BCUT2D eigenvalue weighted by atomic mass is 10.3. The molecule has 0 aliphatic carbocycles. The van der Waals surface area contributed by atoms with Crippen LogP contribution in [0.1, 0.15) is 0 Å². The standard InChI is InChI=1S/C6H4F6N2/c7-4(5(8,9)10)6(11,12)14-2-1-13-3-14/h1-4H. The van der Waals surface area contributed by atoms with Gasteiger partial charge in [-0.05, 0) is 0 Å². The normalized spacial score (nSPS) is 15.6. The maximum Gasteiger partial charge on any atom is 0.427 e. The quantitative estimate of drug-likeness (QED) is 0.696. The second-order valence-electron chi connectivity index (χ2n) is 2.46. The number of hydrogen-bond acceptors (Lipinski definition) is 1. The van der Waals surface area contributed by atoms with E-state index in [1.807, 2.05) is 0 Å². The van der Waals surface area contributed by atoms with E-state index in [-0.39, 0.29) is 4.57 Å². The van der Waals surface area contributed by atoms with Crippen molar-refractivity contribution >= 4 is 0 Å². The maximum atomic E-state index is 12.7. The second-order valence-corrected chi connectivity index (χ2v) is 2.46. The number of aromatic nitrogens is 2. The number of rotatable bonds is 2. The molecule has 8 heteroatoms. The Bertz CT molecular complexity index is 290. The summed E-state index contributed by atoms with van der Waals surface area (Å²) in [5.41, 5.74) is 0. The van der Waals surface area contributed by atoms with Crippen molar-refractivity contribution in [3.8, 4) is 0 Å². The van der Waals surface area contributed by atoms with Gasteiger partial charge in [0.2, 0.25) is 0 Å². The van der Waals surface area contributed by atoms with Crippen molar-refractivity contribution in [2.45, 2.75) is 18.4 Å². The van der Waals surface area contributed by atoms with E-state index >= 15 is 0 Å². The van der Waals surface area contributed by atoms with Crippen LogP contribution < -0.4 is 0 Å². The van der Waals surface area contributed by atoms with Gasteiger partial charge in [-0.15, -0.1) is 0 Å². The Morgan fingerprint density at radius 1 is 1.14 bits per heavy atom. The smallest absolute Gasteiger partial charge is 0.275 e. The molecule has 0 aliphatic rings. The summed E-state index contributed by atoms with van der Waals surface area (Å²) in [5, 5.41) is 0. The molecule has 1 rings (SSSR count).